The Hall–Kier alpha value is -2.37. The minimum absolute atomic E-state index is 0.465. The molecule has 2 aromatic heterocycles. The molecule has 6 nitrogen and oxygen atoms in total. The summed E-state index contributed by atoms with van der Waals surface area (Å²) in [6.07, 6.45) is 3.94. The maximum Gasteiger partial charge on any atom is 0.191 e. The van der Waals surface area contributed by atoms with Crippen LogP contribution in [0.5, 0.6) is 0 Å². The van der Waals surface area contributed by atoms with Gasteiger partial charge < -0.3 is 15.2 Å². The molecule has 0 saturated carbocycles. The number of aryl methyl sites for hydroxylation is 1. The Morgan fingerprint density at radius 3 is 2.67 bits per heavy atom. The van der Waals surface area contributed by atoms with E-state index >= 15 is 0 Å². The lowest BCUT2D eigenvalue weighted by Gasteiger charge is -2.11. The Balaban J connectivity index is 1.87. The number of pyridine rings is 1. The maximum absolute atomic E-state index is 5.42. The van der Waals surface area contributed by atoms with Crippen molar-refractivity contribution in [1.82, 2.24) is 20.8 Å². The molecule has 0 aliphatic carbocycles. The number of hydrogen-bond acceptors (Lipinski definition) is 4. The molecular weight excluding hydrogens is 302 g/mol. The molecule has 0 saturated heterocycles. The topological polar surface area (TPSA) is 75.3 Å². The fourth-order valence-electron chi connectivity index (χ4n) is 2.57. The molecule has 24 heavy (non-hydrogen) atoms. The first-order valence-corrected chi connectivity index (χ1v) is 8.48. The van der Waals surface area contributed by atoms with E-state index in [2.05, 4.69) is 39.6 Å². The first-order chi connectivity index (χ1) is 11.7. The molecule has 130 valence electrons. The van der Waals surface area contributed by atoms with E-state index in [0.717, 1.165) is 35.6 Å². The van der Waals surface area contributed by atoms with Gasteiger partial charge >= 0.3 is 0 Å². The molecular formula is C18H27N5O. The second-order valence-corrected chi connectivity index (χ2v) is 5.78. The highest BCUT2D eigenvalue weighted by Gasteiger charge is 2.13. The summed E-state index contributed by atoms with van der Waals surface area (Å²) in [6, 6.07) is 6.02. The van der Waals surface area contributed by atoms with Gasteiger partial charge in [-0.25, -0.2) is 0 Å². The third-order valence-electron chi connectivity index (χ3n) is 4.18. The standard InChI is InChI=1S/C18H27N5O/c1-5-14(6-2)16-10-15(24-23-16)11-21-18(19-4)22-12-17-13(3)8-7-9-20-17/h7-10,14H,5-6,11-12H2,1-4H3,(H2,19,21,22). The van der Waals surface area contributed by atoms with Crippen molar-refractivity contribution < 1.29 is 4.52 Å². The minimum Gasteiger partial charge on any atom is -0.359 e. The molecule has 2 N–H and O–H groups in total. The zero-order valence-electron chi connectivity index (χ0n) is 15.0. The normalized spacial score (nSPS) is 11.8. The van der Waals surface area contributed by atoms with Gasteiger partial charge in [0.05, 0.1) is 24.5 Å². The van der Waals surface area contributed by atoms with Crippen LogP contribution in [0.15, 0.2) is 33.9 Å². The van der Waals surface area contributed by atoms with E-state index in [9.17, 15) is 0 Å². The first-order valence-electron chi connectivity index (χ1n) is 8.48. The van der Waals surface area contributed by atoms with E-state index < -0.39 is 0 Å². The third kappa shape index (κ3) is 4.81. The molecule has 0 amide bonds. The molecule has 0 aliphatic heterocycles. The predicted octanol–water partition coefficient (Wildman–Crippen LogP) is 3.15. The van der Waals surface area contributed by atoms with Gasteiger partial charge in [0.25, 0.3) is 0 Å². The van der Waals surface area contributed by atoms with Gasteiger partial charge in [-0.05, 0) is 31.4 Å². The summed E-state index contributed by atoms with van der Waals surface area (Å²) >= 11 is 0. The van der Waals surface area contributed by atoms with Gasteiger partial charge in [-0.1, -0.05) is 25.1 Å². The minimum atomic E-state index is 0.465. The van der Waals surface area contributed by atoms with Crippen molar-refractivity contribution in [2.24, 2.45) is 4.99 Å². The Kier molecular flexibility index (Phi) is 6.78. The van der Waals surface area contributed by atoms with E-state index in [1.54, 1.807) is 13.2 Å². The number of aliphatic imine (C=N–C) groups is 1. The zero-order valence-corrected chi connectivity index (χ0v) is 15.0. The van der Waals surface area contributed by atoms with Crippen molar-refractivity contribution in [1.29, 1.82) is 0 Å². The van der Waals surface area contributed by atoms with Crippen LogP contribution in [0.25, 0.3) is 0 Å². The Labute approximate surface area is 143 Å². The number of hydrogen-bond donors (Lipinski definition) is 2. The lowest BCUT2D eigenvalue weighted by molar-refractivity contribution is 0.368. The summed E-state index contributed by atoms with van der Waals surface area (Å²) in [6.45, 7) is 7.57. The number of nitrogens with one attached hydrogen (secondary N) is 2. The van der Waals surface area contributed by atoms with Crippen LogP contribution in [0.2, 0.25) is 0 Å². The second-order valence-electron chi connectivity index (χ2n) is 5.78. The molecule has 2 heterocycles. The van der Waals surface area contributed by atoms with Crippen LogP contribution in [0.1, 0.15) is 55.3 Å². The van der Waals surface area contributed by atoms with E-state index in [-0.39, 0.29) is 0 Å². The molecule has 0 aromatic carbocycles. The van der Waals surface area contributed by atoms with Crippen LogP contribution in [-0.2, 0) is 13.1 Å². The largest absolute Gasteiger partial charge is 0.359 e. The van der Waals surface area contributed by atoms with Gasteiger partial charge in [0.15, 0.2) is 11.7 Å². The molecule has 0 bridgehead atoms. The summed E-state index contributed by atoms with van der Waals surface area (Å²) in [5, 5.41) is 10.7. The van der Waals surface area contributed by atoms with Crippen LogP contribution >= 0.6 is 0 Å². The highest BCUT2D eigenvalue weighted by Crippen LogP contribution is 2.22. The van der Waals surface area contributed by atoms with E-state index in [0.29, 0.717) is 25.0 Å². The quantitative estimate of drug-likeness (QED) is 0.603. The molecule has 2 aromatic rings. The number of guanidine groups is 1. The van der Waals surface area contributed by atoms with Crippen LogP contribution in [0, 0.1) is 6.92 Å². The monoisotopic (exact) mass is 329 g/mol. The molecule has 0 aliphatic rings. The molecule has 0 fully saturated rings. The summed E-state index contributed by atoms with van der Waals surface area (Å²) in [7, 11) is 1.75. The van der Waals surface area contributed by atoms with Crippen molar-refractivity contribution in [2.75, 3.05) is 7.05 Å². The van der Waals surface area contributed by atoms with Crippen LogP contribution in [-0.4, -0.2) is 23.1 Å². The van der Waals surface area contributed by atoms with Crippen molar-refractivity contribution in [3.63, 3.8) is 0 Å². The smallest absolute Gasteiger partial charge is 0.191 e. The van der Waals surface area contributed by atoms with Crippen LogP contribution in [0.4, 0.5) is 0 Å². The highest BCUT2D eigenvalue weighted by molar-refractivity contribution is 5.79. The summed E-state index contributed by atoms with van der Waals surface area (Å²) in [5.74, 6) is 1.99. The average Bonchev–Trinajstić information content (AvgIpc) is 3.06. The SMILES string of the molecule is CCC(CC)c1cc(CNC(=NC)NCc2ncccc2C)on1. The Bertz CT molecular complexity index is 661. The highest BCUT2D eigenvalue weighted by atomic mass is 16.5. The van der Waals surface area contributed by atoms with Gasteiger partial charge in [0, 0.05) is 25.2 Å². The first kappa shape index (κ1) is 18.0. The van der Waals surface area contributed by atoms with Crippen molar-refractivity contribution in [2.45, 2.75) is 52.6 Å². The Morgan fingerprint density at radius 1 is 1.25 bits per heavy atom. The number of aromatic nitrogens is 2. The lowest BCUT2D eigenvalue weighted by Crippen LogP contribution is -2.36. The van der Waals surface area contributed by atoms with E-state index in [4.69, 9.17) is 4.52 Å². The molecule has 0 radical (unpaired) electrons. The van der Waals surface area contributed by atoms with Gasteiger partial charge in [-0.2, -0.15) is 0 Å². The summed E-state index contributed by atoms with van der Waals surface area (Å²) in [4.78, 5) is 8.60. The number of nitrogens with zero attached hydrogens (tertiary/aromatic N) is 3. The van der Waals surface area contributed by atoms with Gasteiger partial charge in [0.2, 0.25) is 0 Å². The van der Waals surface area contributed by atoms with Gasteiger partial charge in [-0.3, -0.25) is 9.98 Å². The fraction of sp³-hybridized carbons (Fsp3) is 0.500. The molecule has 6 heteroatoms. The molecule has 2 rings (SSSR count). The molecule has 0 atom stereocenters. The number of rotatable bonds is 7. The Morgan fingerprint density at radius 2 is 2.00 bits per heavy atom. The summed E-state index contributed by atoms with van der Waals surface area (Å²) < 4.78 is 5.42. The van der Waals surface area contributed by atoms with Gasteiger partial charge in [-0.15, -0.1) is 0 Å². The average molecular weight is 329 g/mol. The second kappa shape index (κ2) is 9.05. The third-order valence-corrected chi connectivity index (χ3v) is 4.18. The zero-order chi connectivity index (χ0) is 17.4. The van der Waals surface area contributed by atoms with Gasteiger partial charge in [0.1, 0.15) is 0 Å². The van der Waals surface area contributed by atoms with Crippen molar-refractivity contribution >= 4 is 5.96 Å². The van der Waals surface area contributed by atoms with Crippen molar-refractivity contribution in [3.8, 4) is 0 Å². The summed E-state index contributed by atoms with van der Waals surface area (Å²) in [5.41, 5.74) is 3.20. The fourth-order valence-corrected chi connectivity index (χ4v) is 2.57. The molecule has 0 unspecified atom stereocenters. The van der Waals surface area contributed by atoms with Crippen LogP contribution < -0.4 is 10.6 Å². The molecule has 0 spiro atoms. The maximum atomic E-state index is 5.42. The van der Waals surface area contributed by atoms with E-state index in [1.165, 1.54) is 0 Å². The van der Waals surface area contributed by atoms with E-state index in [1.807, 2.05) is 25.1 Å². The lowest BCUT2D eigenvalue weighted by atomic mass is 9.99. The van der Waals surface area contributed by atoms with Crippen molar-refractivity contribution in [3.05, 3.63) is 47.1 Å². The van der Waals surface area contributed by atoms with Crippen LogP contribution in [0.3, 0.4) is 0 Å². The predicted molar refractivity (Wildman–Crippen MR) is 95.8 cm³/mol.